The molecule has 1 aliphatic heterocycles. The molecule has 0 spiro atoms. The van der Waals surface area contributed by atoms with Crippen molar-refractivity contribution in [3.63, 3.8) is 0 Å². The van der Waals surface area contributed by atoms with Crippen LogP contribution in [-0.4, -0.2) is 17.4 Å². The van der Waals surface area contributed by atoms with Gasteiger partial charge in [0, 0.05) is 31.0 Å². The smallest absolute Gasteiger partial charge is 0.223 e. The number of hydrogen-bond acceptors (Lipinski definition) is 1. The Morgan fingerprint density at radius 3 is 3.00 bits per heavy atom. The van der Waals surface area contributed by atoms with Crippen LogP contribution in [0.3, 0.4) is 0 Å². The summed E-state index contributed by atoms with van der Waals surface area (Å²) in [4.78, 5) is 13.3. The van der Waals surface area contributed by atoms with Gasteiger partial charge in [-0.3, -0.25) is 4.79 Å². The summed E-state index contributed by atoms with van der Waals surface area (Å²) in [6.45, 7) is 4.56. The third-order valence-corrected chi connectivity index (χ3v) is 3.26. The Balaban J connectivity index is 2.14. The average Bonchev–Trinajstić information content (AvgIpc) is 2.66. The van der Waals surface area contributed by atoms with Crippen molar-refractivity contribution in [2.45, 2.75) is 13.0 Å². The molecule has 0 aromatic heterocycles. The van der Waals surface area contributed by atoms with Crippen molar-refractivity contribution in [2.75, 3.05) is 6.54 Å². The maximum atomic E-state index is 13.7. The van der Waals surface area contributed by atoms with Gasteiger partial charge in [0.15, 0.2) is 0 Å². The van der Waals surface area contributed by atoms with Crippen molar-refractivity contribution < 1.29 is 9.18 Å². The topological polar surface area (TPSA) is 20.3 Å². The van der Waals surface area contributed by atoms with Gasteiger partial charge in [0.05, 0.1) is 5.02 Å². The van der Waals surface area contributed by atoms with Crippen molar-refractivity contribution in [1.82, 2.24) is 4.90 Å². The number of carbonyl (C=O) groups is 1. The molecule has 1 amide bonds. The van der Waals surface area contributed by atoms with E-state index in [1.165, 1.54) is 6.07 Å². The van der Waals surface area contributed by atoms with Gasteiger partial charge in [-0.1, -0.05) is 29.8 Å². The van der Waals surface area contributed by atoms with E-state index in [-0.39, 0.29) is 23.4 Å². The zero-order valence-corrected chi connectivity index (χ0v) is 10.1. The highest BCUT2D eigenvalue weighted by Gasteiger charge is 2.28. The molecule has 0 radical (unpaired) electrons. The zero-order chi connectivity index (χ0) is 12.4. The molecule has 2 rings (SSSR count). The molecule has 90 valence electrons. The third-order valence-electron chi connectivity index (χ3n) is 2.97. The summed E-state index contributed by atoms with van der Waals surface area (Å²) in [5.74, 6) is -0.233. The van der Waals surface area contributed by atoms with Crippen LogP contribution in [0.5, 0.6) is 0 Å². The minimum absolute atomic E-state index is 0.0364. The van der Waals surface area contributed by atoms with Crippen LogP contribution >= 0.6 is 11.6 Å². The maximum absolute atomic E-state index is 13.7. The van der Waals surface area contributed by atoms with Crippen LogP contribution in [-0.2, 0) is 11.3 Å². The second-order valence-electron chi connectivity index (χ2n) is 4.19. The Morgan fingerprint density at radius 1 is 1.59 bits per heavy atom. The predicted molar refractivity (Wildman–Crippen MR) is 65.1 cm³/mol. The lowest BCUT2D eigenvalue weighted by molar-refractivity contribution is -0.128. The molecular weight excluding hydrogens is 241 g/mol. The summed E-state index contributed by atoms with van der Waals surface area (Å²) >= 11 is 5.70. The monoisotopic (exact) mass is 253 g/mol. The highest BCUT2D eigenvalue weighted by atomic mass is 35.5. The SMILES string of the molecule is C=CC1CC(=O)N(Cc2cccc(Cl)c2F)C1. The van der Waals surface area contributed by atoms with Gasteiger partial charge < -0.3 is 4.90 Å². The average molecular weight is 254 g/mol. The van der Waals surface area contributed by atoms with Crippen LogP contribution < -0.4 is 0 Å². The van der Waals surface area contributed by atoms with Crippen LogP contribution in [0.1, 0.15) is 12.0 Å². The molecule has 1 atom stereocenters. The van der Waals surface area contributed by atoms with Gasteiger partial charge in [0.2, 0.25) is 5.91 Å². The molecule has 1 saturated heterocycles. The molecule has 0 aliphatic carbocycles. The Hall–Kier alpha value is -1.35. The lowest BCUT2D eigenvalue weighted by Crippen LogP contribution is -2.25. The van der Waals surface area contributed by atoms with Crippen molar-refractivity contribution in [2.24, 2.45) is 5.92 Å². The van der Waals surface area contributed by atoms with Gasteiger partial charge >= 0.3 is 0 Å². The van der Waals surface area contributed by atoms with Crippen molar-refractivity contribution >= 4 is 17.5 Å². The Kier molecular flexibility index (Phi) is 3.48. The number of likely N-dealkylation sites (tertiary alicyclic amines) is 1. The number of nitrogens with zero attached hydrogens (tertiary/aromatic N) is 1. The first-order valence-electron chi connectivity index (χ1n) is 5.45. The molecule has 1 aromatic carbocycles. The number of carbonyl (C=O) groups excluding carboxylic acids is 1. The molecular formula is C13H13ClFNO. The predicted octanol–water partition coefficient (Wildman–Crippen LogP) is 3.01. The molecule has 1 unspecified atom stereocenters. The summed E-state index contributed by atoms with van der Waals surface area (Å²) in [7, 11) is 0. The molecule has 0 bridgehead atoms. The van der Waals surface area contributed by atoms with Gasteiger partial charge in [-0.2, -0.15) is 0 Å². The van der Waals surface area contributed by atoms with Crippen LogP contribution in [0.2, 0.25) is 5.02 Å². The fraction of sp³-hybridized carbons (Fsp3) is 0.308. The minimum Gasteiger partial charge on any atom is -0.338 e. The molecule has 0 N–H and O–H groups in total. The number of hydrogen-bond donors (Lipinski definition) is 0. The van der Waals surface area contributed by atoms with E-state index in [0.717, 1.165) is 0 Å². The lowest BCUT2D eigenvalue weighted by atomic mass is 10.1. The molecule has 1 fully saturated rings. The molecule has 2 nitrogen and oxygen atoms in total. The van der Waals surface area contributed by atoms with Gasteiger partial charge in [-0.25, -0.2) is 4.39 Å². The van der Waals surface area contributed by atoms with E-state index in [9.17, 15) is 9.18 Å². The maximum Gasteiger partial charge on any atom is 0.223 e. The van der Waals surface area contributed by atoms with Crippen molar-refractivity contribution in [1.29, 1.82) is 0 Å². The molecule has 1 aliphatic rings. The summed E-state index contributed by atoms with van der Waals surface area (Å²) in [6.07, 6.45) is 2.23. The highest BCUT2D eigenvalue weighted by Crippen LogP contribution is 2.24. The third kappa shape index (κ3) is 2.50. The summed E-state index contributed by atoms with van der Waals surface area (Å²) < 4.78 is 13.7. The van der Waals surface area contributed by atoms with Gasteiger partial charge in [0.1, 0.15) is 5.82 Å². The van der Waals surface area contributed by atoms with Gasteiger partial charge in [-0.05, 0) is 6.07 Å². The van der Waals surface area contributed by atoms with E-state index in [0.29, 0.717) is 18.5 Å². The second kappa shape index (κ2) is 4.88. The zero-order valence-electron chi connectivity index (χ0n) is 9.33. The molecule has 1 heterocycles. The first kappa shape index (κ1) is 12.1. The fourth-order valence-corrected chi connectivity index (χ4v) is 2.18. The Morgan fingerprint density at radius 2 is 2.35 bits per heavy atom. The largest absolute Gasteiger partial charge is 0.338 e. The number of amides is 1. The van der Waals surface area contributed by atoms with E-state index in [1.54, 1.807) is 23.1 Å². The van der Waals surface area contributed by atoms with E-state index in [4.69, 9.17) is 11.6 Å². The van der Waals surface area contributed by atoms with Crippen LogP contribution in [0, 0.1) is 11.7 Å². The normalized spacial score (nSPS) is 19.8. The lowest BCUT2D eigenvalue weighted by Gasteiger charge is -2.16. The van der Waals surface area contributed by atoms with Crippen LogP contribution in [0.4, 0.5) is 4.39 Å². The van der Waals surface area contributed by atoms with E-state index < -0.39 is 5.82 Å². The molecule has 1 aromatic rings. The first-order chi connectivity index (χ1) is 8.11. The first-order valence-corrected chi connectivity index (χ1v) is 5.83. The quantitative estimate of drug-likeness (QED) is 0.759. The van der Waals surface area contributed by atoms with Crippen LogP contribution in [0.25, 0.3) is 0 Å². The second-order valence-corrected chi connectivity index (χ2v) is 4.59. The molecule has 17 heavy (non-hydrogen) atoms. The summed E-state index contributed by atoms with van der Waals surface area (Å²) in [5, 5.41) is 0.0921. The fourth-order valence-electron chi connectivity index (χ4n) is 1.99. The number of benzene rings is 1. The van der Waals surface area contributed by atoms with Gasteiger partial charge in [0.25, 0.3) is 0 Å². The Labute approximate surface area is 105 Å². The summed E-state index contributed by atoms with van der Waals surface area (Å²) in [6, 6.07) is 4.83. The number of halogens is 2. The van der Waals surface area contributed by atoms with E-state index in [1.807, 2.05) is 0 Å². The van der Waals surface area contributed by atoms with Gasteiger partial charge in [-0.15, -0.1) is 6.58 Å². The van der Waals surface area contributed by atoms with Crippen molar-refractivity contribution in [3.8, 4) is 0 Å². The molecule has 0 saturated carbocycles. The molecule has 4 heteroatoms. The summed E-state index contributed by atoms with van der Waals surface area (Å²) in [5.41, 5.74) is 0.454. The number of rotatable bonds is 3. The van der Waals surface area contributed by atoms with E-state index >= 15 is 0 Å². The highest BCUT2D eigenvalue weighted by molar-refractivity contribution is 6.30. The van der Waals surface area contributed by atoms with E-state index in [2.05, 4.69) is 6.58 Å². The minimum atomic E-state index is -0.441. The Bertz CT molecular complexity index is 461. The van der Waals surface area contributed by atoms with Crippen LogP contribution in [0.15, 0.2) is 30.9 Å². The van der Waals surface area contributed by atoms with Crippen molar-refractivity contribution in [3.05, 3.63) is 47.3 Å². The standard InChI is InChI=1S/C13H13ClFNO/c1-2-9-6-12(17)16(7-9)8-10-4-3-5-11(14)13(10)15/h2-5,9H,1,6-8H2.